The van der Waals surface area contributed by atoms with Gasteiger partial charge >= 0.3 is 5.97 Å². The van der Waals surface area contributed by atoms with Crippen LogP contribution in [0.4, 0.5) is 0 Å². The van der Waals surface area contributed by atoms with E-state index in [4.69, 9.17) is 9.47 Å². The number of hydrogen-bond donors (Lipinski definition) is 0. The molecule has 0 amide bonds. The van der Waals surface area contributed by atoms with Crippen molar-refractivity contribution in [1.29, 1.82) is 0 Å². The normalized spacial score (nSPS) is 42.9. The zero-order chi connectivity index (χ0) is 21.6. The first-order valence-electron chi connectivity index (χ1n) is 12.6. The molecule has 0 radical (unpaired) electrons. The summed E-state index contributed by atoms with van der Waals surface area (Å²) in [6, 6.07) is 0. The summed E-state index contributed by atoms with van der Waals surface area (Å²) >= 11 is 0. The van der Waals surface area contributed by atoms with E-state index in [-0.39, 0.29) is 22.9 Å². The SMILES string of the molecule is C[C@]12CC[C@@H](OC(=O)CCN3CCOCC3)CC1=CC[C@H]1[C@H]2CC[C@]2(C)C(=O)CC[C@@H]12. The smallest absolute Gasteiger partial charge is 0.307 e. The third-order valence-electron chi connectivity index (χ3n) is 9.80. The summed E-state index contributed by atoms with van der Waals surface area (Å²) in [5.74, 6) is 2.39. The first-order valence-corrected chi connectivity index (χ1v) is 12.6. The Morgan fingerprint density at radius 3 is 2.68 bits per heavy atom. The average molecular weight is 430 g/mol. The van der Waals surface area contributed by atoms with Crippen LogP contribution >= 0.6 is 0 Å². The standard InChI is InChI=1S/C26H39NO4/c1-25-10-7-19(31-24(29)9-12-27-13-15-30-16-14-27)17-18(25)3-4-20-21-5-6-23(28)26(21,2)11-8-22(20)25/h3,19-22H,4-17H2,1-2H3/t19-,20-,21+,22-,25+,26+/m1/s1. The molecule has 1 aliphatic heterocycles. The van der Waals surface area contributed by atoms with Crippen molar-refractivity contribution < 1.29 is 19.1 Å². The Kier molecular flexibility index (Phi) is 5.79. The van der Waals surface area contributed by atoms with E-state index in [1.54, 1.807) is 0 Å². The van der Waals surface area contributed by atoms with Gasteiger partial charge in [-0.2, -0.15) is 0 Å². The van der Waals surface area contributed by atoms with Crippen LogP contribution in [0.25, 0.3) is 0 Å². The Hall–Kier alpha value is -1.20. The van der Waals surface area contributed by atoms with Crippen molar-refractivity contribution in [3.8, 4) is 0 Å². The van der Waals surface area contributed by atoms with Crippen molar-refractivity contribution in [3.63, 3.8) is 0 Å². The van der Waals surface area contributed by atoms with E-state index >= 15 is 0 Å². The van der Waals surface area contributed by atoms with E-state index in [9.17, 15) is 9.59 Å². The molecule has 3 saturated carbocycles. The molecular formula is C26H39NO4. The predicted octanol–water partition coefficient (Wildman–Crippen LogP) is 4.15. The van der Waals surface area contributed by atoms with Crippen molar-refractivity contribution in [3.05, 3.63) is 11.6 Å². The van der Waals surface area contributed by atoms with Gasteiger partial charge in [-0.3, -0.25) is 14.5 Å². The minimum atomic E-state index is -0.0594. The van der Waals surface area contributed by atoms with Crippen LogP contribution in [0.1, 0.15) is 71.6 Å². The van der Waals surface area contributed by atoms with E-state index in [1.807, 2.05) is 0 Å². The number of allylic oxidation sites excluding steroid dienone is 1. The molecule has 0 bridgehead atoms. The van der Waals surface area contributed by atoms with Crippen LogP contribution in [0, 0.1) is 28.6 Å². The minimum absolute atomic E-state index is 0.0370. The minimum Gasteiger partial charge on any atom is -0.462 e. The van der Waals surface area contributed by atoms with Crippen LogP contribution in [0.2, 0.25) is 0 Å². The molecule has 5 heteroatoms. The topological polar surface area (TPSA) is 55.8 Å². The largest absolute Gasteiger partial charge is 0.462 e. The first-order chi connectivity index (χ1) is 14.9. The number of morpholine rings is 1. The molecule has 4 fully saturated rings. The number of nitrogens with zero attached hydrogens (tertiary/aromatic N) is 1. The van der Waals surface area contributed by atoms with Gasteiger partial charge in [-0.1, -0.05) is 25.5 Å². The lowest BCUT2D eigenvalue weighted by atomic mass is 9.48. The second-order valence-corrected chi connectivity index (χ2v) is 11.2. The lowest BCUT2D eigenvalue weighted by molar-refractivity contribution is -0.152. The Bertz CT molecular complexity index is 757. The quantitative estimate of drug-likeness (QED) is 0.496. The van der Waals surface area contributed by atoms with Crippen LogP contribution in [0.5, 0.6) is 0 Å². The molecule has 31 heavy (non-hydrogen) atoms. The second kappa shape index (κ2) is 8.30. The zero-order valence-electron chi connectivity index (χ0n) is 19.4. The molecule has 0 aromatic heterocycles. The Balaban J connectivity index is 1.20. The molecule has 0 unspecified atom stereocenters. The zero-order valence-corrected chi connectivity index (χ0v) is 19.4. The van der Waals surface area contributed by atoms with Crippen molar-refractivity contribution >= 4 is 11.8 Å². The predicted molar refractivity (Wildman–Crippen MR) is 118 cm³/mol. The number of ketones is 1. The Morgan fingerprint density at radius 1 is 1.13 bits per heavy atom. The molecule has 0 N–H and O–H groups in total. The van der Waals surface area contributed by atoms with Gasteiger partial charge in [0.1, 0.15) is 11.9 Å². The van der Waals surface area contributed by atoms with E-state index in [2.05, 4.69) is 24.8 Å². The van der Waals surface area contributed by atoms with E-state index in [0.717, 1.165) is 77.8 Å². The van der Waals surface area contributed by atoms with Gasteiger partial charge in [0.25, 0.3) is 0 Å². The maximum atomic E-state index is 12.6. The third kappa shape index (κ3) is 3.80. The average Bonchev–Trinajstić information content (AvgIpc) is 3.08. The van der Waals surface area contributed by atoms with E-state index in [0.29, 0.717) is 30.0 Å². The summed E-state index contributed by atoms with van der Waals surface area (Å²) in [7, 11) is 0. The maximum absolute atomic E-state index is 12.6. The number of fused-ring (bicyclic) bond motifs is 5. The number of esters is 1. The number of ether oxygens (including phenoxy) is 2. The van der Waals surface area contributed by atoms with Gasteiger partial charge in [0.2, 0.25) is 0 Å². The summed E-state index contributed by atoms with van der Waals surface area (Å²) in [6.07, 6.45) is 11.2. The van der Waals surface area contributed by atoms with Crippen molar-refractivity contribution in [2.75, 3.05) is 32.8 Å². The molecule has 0 aromatic rings. The highest BCUT2D eigenvalue weighted by Crippen LogP contribution is 2.64. The van der Waals surface area contributed by atoms with Crippen molar-refractivity contribution in [2.24, 2.45) is 28.6 Å². The number of rotatable bonds is 4. The van der Waals surface area contributed by atoms with Gasteiger partial charge in [-0.25, -0.2) is 0 Å². The molecule has 1 heterocycles. The molecular weight excluding hydrogens is 390 g/mol. The molecule has 5 aliphatic rings. The summed E-state index contributed by atoms with van der Waals surface area (Å²) in [5.41, 5.74) is 1.70. The molecule has 6 atom stereocenters. The van der Waals surface area contributed by atoms with Gasteiger partial charge in [0.05, 0.1) is 19.6 Å². The van der Waals surface area contributed by atoms with Crippen LogP contribution < -0.4 is 0 Å². The monoisotopic (exact) mass is 429 g/mol. The number of carbonyl (C=O) groups is 2. The van der Waals surface area contributed by atoms with Crippen molar-refractivity contribution in [1.82, 2.24) is 4.90 Å². The fourth-order valence-electron chi connectivity index (χ4n) is 7.82. The van der Waals surface area contributed by atoms with Crippen LogP contribution in [0.3, 0.4) is 0 Å². The first kappa shape index (κ1) is 21.6. The molecule has 1 saturated heterocycles. The summed E-state index contributed by atoms with van der Waals surface area (Å²) in [4.78, 5) is 27.4. The van der Waals surface area contributed by atoms with Gasteiger partial charge in [0.15, 0.2) is 0 Å². The van der Waals surface area contributed by atoms with Gasteiger partial charge in [-0.15, -0.1) is 0 Å². The summed E-state index contributed by atoms with van der Waals surface area (Å²) in [6.45, 7) is 8.84. The maximum Gasteiger partial charge on any atom is 0.307 e. The highest BCUT2D eigenvalue weighted by atomic mass is 16.5. The second-order valence-electron chi connectivity index (χ2n) is 11.2. The highest BCUT2D eigenvalue weighted by molar-refractivity contribution is 5.87. The molecule has 5 rings (SSSR count). The lowest BCUT2D eigenvalue weighted by Crippen LogP contribution is -2.50. The summed E-state index contributed by atoms with van der Waals surface area (Å²) in [5, 5.41) is 0. The summed E-state index contributed by atoms with van der Waals surface area (Å²) < 4.78 is 11.3. The van der Waals surface area contributed by atoms with E-state index < -0.39 is 0 Å². The highest BCUT2D eigenvalue weighted by Gasteiger charge is 2.58. The van der Waals surface area contributed by atoms with Gasteiger partial charge in [0, 0.05) is 37.9 Å². The Labute approximate surface area is 186 Å². The fraction of sp³-hybridized carbons (Fsp3) is 0.846. The fourth-order valence-corrected chi connectivity index (χ4v) is 7.82. The van der Waals surface area contributed by atoms with Crippen molar-refractivity contribution in [2.45, 2.75) is 77.7 Å². The Morgan fingerprint density at radius 2 is 1.87 bits per heavy atom. The van der Waals surface area contributed by atoms with Crippen LogP contribution in [-0.4, -0.2) is 55.6 Å². The van der Waals surface area contributed by atoms with Gasteiger partial charge < -0.3 is 9.47 Å². The molecule has 4 aliphatic carbocycles. The number of Topliss-reactive ketones (excluding diaryl/α,β-unsaturated/α-hetero) is 1. The number of hydrogen-bond acceptors (Lipinski definition) is 5. The van der Waals surface area contributed by atoms with E-state index in [1.165, 1.54) is 12.0 Å². The third-order valence-corrected chi connectivity index (χ3v) is 9.80. The number of carbonyl (C=O) groups excluding carboxylic acids is 2. The van der Waals surface area contributed by atoms with Crippen LogP contribution in [-0.2, 0) is 19.1 Å². The molecule has 0 aromatic carbocycles. The molecule has 0 spiro atoms. The van der Waals surface area contributed by atoms with Crippen LogP contribution in [0.15, 0.2) is 11.6 Å². The lowest BCUT2D eigenvalue weighted by Gasteiger charge is -2.56. The molecule has 172 valence electrons. The van der Waals surface area contributed by atoms with Gasteiger partial charge in [-0.05, 0) is 61.7 Å². The molecule has 5 nitrogen and oxygen atoms in total.